The molecule has 0 saturated carbocycles. The largest absolute Gasteiger partial charge is 0.508 e. The van der Waals surface area contributed by atoms with Crippen LogP contribution in [0.3, 0.4) is 0 Å². The standard InChI is InChI=1S/C25H20N2O5S/c1-14-23(15(2)28)33-25(26-14)27-21(17-9-6-10-18(29)13-17)20(22(31)24(27)32)19(30)12-11-16-7-4-3-5-8-16/h3-13,21,29,31H,1-2H3/b12-11+. The lowest BCUT2D eigenvalue weighted by Crippen LogP contribution is -2.30. The van der Waals surface area contributed by atoms with Crippen molar-refractivity contribution in [1.29, 1.82) is 0 Å². The second-order valence-corrected chi connectivity index (χ2v) is 8.49. The van der Waals surface area contributed by atoms with Crippen LogP contribution in [0.4, 0.5) is 5.13 Å². The average molecular weight is 461 g/mol. The molecule has 1 aliphatic heterocycles. The van der Waals surface area contributed by atoms with Gasteiger partial charge in [-0.3, -0.25) is 19.3 Å². The number of amides is 1. The van der Waals surface area contributed by atoms with Gasteiger partial charge >= 0.3 is 0 Å². The molecule has 2 heterocycles. The molecule has 166 valence electrons. The zero-order valence-corrected chi connectivity index (χ0v) is 18.7. The summed E-state index contributed by atoms with van der Waals surface area (Å²) in [6.45, 7) is 3.06. The zero-order chi connectivity index (χ0) is 23.7. The highest BCUT2D eigenvalue weighted by Crippen LogP contribution is 2.43. The molecule has 2 N–H and O–H groups in total. The number of anilines is 1. The third kappa shape index (κ3) is 4.20. The lowest BCUT2D eigenvalue weighted by atomic mass is 9.95. The Morgan fingerprint density at radius 1 is 1.09 bits per heavy atom. The van der Waals surface area contributed by atoms with Crippen LogP contribution in [0.1, 0.15) is 39.5 Å². The molecule has 0 spiro atoms. The highest BCUT2D eigenvalue weighted by atomic mass is 32.1. The van der Waals surface area contributed by atoms with Crippen LogP contribution in [0.5, 0.6) is 5.75 Å². The zero-order valence-electron chi connectivity index (χ0n) is 17.9. The first-order valence-electron chi connectivity index (χ1n) is 10.1. The van der Waals surface area contributed by atoms with Crippen LogP contribution < -0.4 is 4.90 Å². The van der Waals surface area contributed by atoms with Gasteiger partial charge in [-0.05, 0) is 36.3 Å². The minimum absolute atomic E-state index is 0.0577. The second kappa shape index (κ2) is 8.84. The number of benzene rings is 2. The Morgan fingerprint density at radius 2 is 1.82 bits per heavy atom. The molecule has 2 aromatic carbocycles. The number of aliphatic hydroxyl groups excluding tert-OH is 1. The number of aryl methyl sites for hydroxylation is 1. The van der Waals surface area contributed by atoms with E-state index in [2.05, 4.69) is 4.98 Å². The van der Waals surface area contributed by atoms with Crippen LogP contribution in [0.25, 0.3) is 6.08 Å². The number of thiazole rings is 1. The first-order valence-corrected chi connectivity index (χ1v) is 10.9. The topological polar surface area (TPSA) is 108 Å². The molecule has 1 amide bonds. The lowest BCUT2D eigenvalue weighted by molar-refractivity contribution is -0.117. The van der Waals surface area contributed by atoms with Gasteiger partial charge in [-0.25, -0.2) is 4.98 Å². The van der Waals surface area contributed by atoms with E-state index in [1.54, 1.807) is 25.1 Å². The number of carbonyl (C=O) groups excluding carboxylic acids is 3. The molecule has 0 fully saturated rings. The van der Waals surface area contributed by atoms with Gasteiger partial charge < -0.3 is 10.2 Å². The number of phenols is 1. The fourth-order valence-electron chi connectivity index (χ4n) is 3.70. The van der Waals surface area contributed by atoms with Gasteiger partial charge in [-0.1, -0.05) is 59.9 Å². The van der Waals surface area contributed by atoms with Crippen molar-refractivity contribution in [3.63, 3.8) is 0 Å². The summed E-state index contributed by atoms with van der Waals surface area (Å²) >= 11 is 1.01. The van der Waals surface area contributed by atoms with Gasteiger partial charge in [0, 0.05) is 6.92 Å². The van der Waals surface area contributed by atoms with Gasteiger partial charge in [0.2, 0.25) is 0 Å². The monoisotopic (exact) mass is 460 g/mol. The number of ketones is 2. The number of carbonyl (C=O) groups is 3. The van der Waals surface area contributed by atoms with Crippen LogP contribution in [0.15, 0.2) is 72.0 Å². The highest BCUT2D eigenvalue weighted by Gasteiger charge is 2.45. The third-order valence-corrected chi connectivity index (χ3v) is 6.45. The maximum atomic E-state index is 13.2. The summed E-state index contributed by atoms with van der Waals surface area (Å²) in [5, 5.41) is 20.9. The first-order chi connectivity index (χ1) is 15.8. The van der Waals surface area contributed by atoms with E-state index < -0.39 is 23.5 Å². The minimum Gasteiger partial charge on any atom is -0.508 e. The van der Waals surface area contributed by atoms with Gasteiger partial charge in [0.15, 0.2) is 22.5 Å². The van der Waals surface area contributed by atoms with Crippen molar-refractivity contribution in [2.45, 2.75) is 19.9 Å². The summed E-state index contributed by atoms with van der Waals surface area (Å²) in [5.74, 6) is -2.30. The van der Waals surface area contributed by atoms with Crippen molar-refractivity contribution < 1.29 is 24.6 Å². The molecule has 0 radical (unpaired) electrons. The molecule has 7 nitrogen and oxygen atoms in total. The molecule has 33 heavy (non-hydrogen) atoms. The molecular formula is C25H20N2O5S. The molecule has 0 bridgehead atoms. The van der Waals surface area contributed by atoms with E-state index in [-0.39, 0.29) is 22.2 Å². The van der Waals surface area contributed by atoms with Crippen LogP contribution in [0.2, 0.25) is 0 Å². The fourth-order valence-corrected chi connectivity index (χ4v) is 4.69. The minimum atomic E-state index is -1.03. The molecule has 8 heteroatoms. The number of allylic oxidation sites excluding steroid dienone is 1. The second-order valence-electron chi connectivity index (χ2n) is 7.51. The predicted octanol–water partition coefficient (Wildman–Crippen LogP) is 4.54. The molecule has 3 aromatic rings. The molecule has 0 aliphatic carbocycles. The molecule has 1 unspecified atom stereocenters. The molecule has 1 atom stereocenters. The Labute approximate surface area is 194 Å². The van der Waals surface area contributed by atoms with Gasteiger partial charge in [0.1, 0.15) is 5.75 Å². The summed E-state index contributed by atoms with van der Waals surface area (Å²) in [5.41, 5.74) is 1.52. The molecular weight excluding hydrogens is 440 g/mol. The number of aromatic nitrogens is 1. The normalized spacial score (nSPS) is 16.1. The number of phenolic OH excluding ortho intramolecular Hbond substituents is 1. The van der Waals surface area contributed by atoms with Crippen molar-refractivity contribution in [3.05, 3.63) is 93.7 Å². The number of hydrogen-bond donors (Lipinski definition) is 2. The maximum Gasteiger partial charge on any atom is 0.296 e. The first kappa shape index (κ1) is 22.2. The predicted molar refractivity (Wildman–Crippen MR) is 125 cm³/mol. The van der Waals surface area contributed by atoms with Gasteiger partial charge in [-0.2, -0.15) is 0 Å². The van der Waals surface area contributed by atoms with Crippen LogP contribution in [-0.2, 0) is 9.59 Å². The van der Waals surface area contributed by atoms with Crippen molar-refractivity contribution >= 4 is 40.0 Å². The molecule has 0 saturated heterocycles. The van der Waals surface area contributed by atoms with Gasteiger partial charge in [0.05, 0.1) is 22.2 Å². The van der Waals surface area contributed by atoms with E-state index in [4.69, 9.17) is 0 Å². The highest BCUT2D eigenvalue weighted by molar-refractivity contribution is 7.17. The number of rotatable bonds is 6. The number of nitrogens with zero attached hydrogens (tertiary/aromatic N) is 2. The summed E-state index contributed by atoms with van der Waals surface area (Å²) in [4.78, 5) is 44.2. The molecule has 1 aromatic heterocycles. The van der Waals surface area contributed by atoms with Crippen molar-refractivity contribution in [2.24, 2.45) is 0 Å². The molecule has 1 aliphatic rings. The Hall–Kier alpha value is -4.04. The summed E-state index contributed by atoms with van der Waals surface area (Å²) in [7, 11) is 0. The quantitative estimate of drug-likeness (QED) is 0.413. The maximum absolute atomic E-state index is 13.2. The van der Waals surface area contributed by atoms with E-state index in [0.717, 1.165) is 16.9 Å². The Balaban J connectivity index is 1.82. The van der Waals surface area contributed by atoms with E-state index >= 15 is 0 Å². The fraction of sp³-hybridized carbons (Fsp3) is 0.120. The lowest BCUT2D eigenvalue weighted by Gasteiger charge is -2.24. The average Bonchev–Trinajstić information content (AvgIpc) is 3.30. The number of hydrogen-bond acceptors (Lipinski definition) is 7. The van der Waals surface area contributed by atoms with Crippen molar-refractivity contribution in [1.82, 2.24) is 4.98 Å². The summed E-state index contributed by atoms with van der Waals surface area (Å²) in [6, 6.07) is 14.2. The summed E-state index contributed by atoms with van der Waals surface area (Å²) in [6.07, 6.45) is 2.89. The van der Waals surface area contributed by atoms with E-state index in [1.165, 1.54) is 30.0 Å². The van der Waals surface area contributed by atoms with Crippen LogP contribution in [-0.4, -0.2) is 32.7 Å². The smallest absolute Gasteiger partial charge is 0.296 e. The Morgan fingerprint density at radius 3 is 2.45 bits per heavy atom. The van der Waals surface area contributed by atoms with Crippen LogP contribution >= 0.6 is 11.3 Å². The SMILES string of the molecule is CC(=O)c1sc(N2C(=O)C(O)=C(C(=O)/C=C/c3ccccc3)C2c2cccc(O)c2)nc1C. The number of Topliss-reactive ketones (excluding diaryl/α,β-unsaturated/α-hetero) is 1. The number of aliphatic hydroxyl groups is 1. The van der Waals surface area contributed by atoms with Crippen LogP contribution in [0, 0.1) is 6.92 Å². The van der Waals surface area contributed by atoms with Gasteiger partial charge in [-0.15, -0.1) is 0 Å². The Bertz CT molecular complexity index is 1320. The van der Waals surface area contributed by atoms with E-state index in [9.17, 15) is 24.6 Å². The van der Waals surface area contributed by atoms with Gasteiger partial charge in [0.25, 0.3) is 5.91 Å². The number of aromatic hydroxyl groups is 1. The summed E-state index contributed by atoms with van der Waals surface area (Å²) < 4.78 is 0. The van der Waals surface area contributed by atoms with Crippen molar-refractivity contribution in [2.75, 3.05) is 4.90 Å². The third-order valence-electron chi connectivity index (χ3n) is 5.20. The van der Waals surface area contributed by atoms with E-state index in [1.807, 2.05) is 30.3 Å². The molecule has 4 rings (SSSR count). The van der Waals surface area contributed by atoms with E-state index in [0.29, 0.717) is 16.1 Å². The Kier molecular flexibility index (Phi) is 5.93. The van der Waals surface area contributed by atoms with Crippen molar-refractivity contribution in [3.8, 4) is 5.75 Å².